The SMILES string of the molecule is CCc1nc(COc2c(Br)cc(CNC)cc2Br)cs1. The number of thiazole rings is 1. The molecule has 1 aromatic heterocycles. The number of halogens is 2. The number of hydrogen-bond donors (Lipinski definition) is 1. The van der Waals surface area contributed by atoms with Crippen LogP contribution in [0, 0.1) is 0 Å². The average Bonchev–Trinajstić information content (AvgIpc) is 2.86. The van der Waals surface area contributed by atoms with E-state index in [1.165, 1.54) is 5.56 Å². The van der Waals surface area contributed by atoms with E-state index >= 15 is 0 Å². The summed E-state index contributed by atoms with van der Waals surface area (Å²) < 4.78 is 7.77. The van der Waals surface area contributed by atoms with Crippen LogP contribution in [0.2, 0.25) is 0 Å². The van der Waals surface area contributed by atoms with Gasteiger partial charge in [-0.3, -0.25) is 0 Å². The first-order valence-corrected chi connectivity index (χ1v) is 8.79. The van der Waals surface area contributed by atoms with Gasteiger partial charge in [-0.1, -0.05) is 6.92 Å². The fraction of sp³-hybridized carbons (Fsp3) is 0.357. The van der Waals surface area contributed by atoms with Gasteiger partial charge in [-0.2, -0.15) is 0 Å². The molecule has 2 rings (SSSR count). The summed E-state index contributed by atoms with van der Waals surface area (Å²) in [7, 11) is 1.93. The molecule has 0 aliphatic carbocycles. The van der Waals surface area contributed by atoms with E-state index in [2.05, 4.69) is 66.6 Å². The van der Waals surface area contributed by atoms with Crippen LogP contribution in [-0.2, 0) is 19.6 Å². The standard InChI is InChI=1S/C14H16Br2N2OS/c1-3-13-18-10(8-20-13)7-19-14-11(15)4-9(6-17-2)5-12(14)16/h4-5,8,17H,3,6-7H2,1-2H3. The quantitative estimate of drug-likeness (QED) is 0.746. The van der Waals surface area contributed by atoms with E-state index in [4.69, 9.17) is 4.74 Å². The molecule has 0 amide bonds. The van der Waals surface area contributed by atoms with E-state index in [1.807, 2.05) is 7.05 Å². The van der Waals surface area contributed by atoms with Crippen molar-refractivity contribution < 1.29 is 4.74 Å². The molecule has 0 bridgehead atoms. The smallest absolute Gasteiger partial charge is 0.148 e. The van der Waals surface area contributed by atoms with Crippen molar-refractivity contribution in [3.05, 3.63) is 42.7 Å². The van der Waals surface area contributed by atoms with Crippen LogP contribution in [-0.4, -0.2) is 12.0 Å². The minimum absolute atomic E-state index is 0.485. The fourth-order valence-electron chi connectivity index (χ4n) is 1.78. The molecule has 0 aliphatic heterocycles. The van der Waals surface area contributed by atoms with Crippen molar-refractivity contribution in [2.45, 2.75) is 26.5 Å². The summed E-state index contributed by atoms with van der Waals surface area (Å²) in [6.07, 6.45) is 0.969. The van der Waals surface area contributed by atoms with Crippen molar-refractivity contribution in [1.29, 1.82) is 0 Å². The molecular formula is C14H16Br2N2OS. The molecule has 2 aromatic rings. The number of aromatic nitrogens is 1. The molecule has 108 valence electrons. The molecule has 20 heavy (non-hydrogen) atoms. The number of nitrogens with one attached hydrogen (secondary N) is 1. The van der Waals surface area contributed by atoms with Crippen LogP contribution in [0.3, 0.4) is 0 Å². The second kappa shape index (κ2) is 7.54. The zero-order chi connectivity index (χ0) is 14.5. The van der Waals surface area contributed by atoms with Gasteiger partial charge in [-0.05, 0) is 63.0 Å². The first-order valence-electron chi connectivity index (χ1n) is 6.32. The Bertz CT molecular complexity index is 563. The van der Waals surface area contributed by atoms with Crippen molar-refractivity contribution in [1.82, 2.24) is 10.3 Å². The largest absolute Gasteiger partial charge is 0.485 e. The summed E-state index contributed by atoms with van der Waals surface area (Å²) in [5, 5.41) is 6.33. The summed E-state index contributed by atoms with van der Waals surface area (Å²) in [6.45, 7) is 3.42. The Morgan fingerprint density at radius 2 is 2.00 bits per heavy atom. The van der Waals surface area contributed by atoms with Crippen molar-refractivity contribution >= 4 is 43.2 Å². The highest BCUT2D eigenvalue weighted by molar-refractivity contribution is 9.11. The number of benzene rings is 1. The van der Waals surface area contributed by atoms with Crippen LogP contribution in [0.25, 0.3) is 0 Å². The fourth-order valence-corrected chi connectivity index (χ4v) is 4.02. The molecule has 0 spiro atoms. The minimum atomic E-state index is 0.485. The maximum absolute atomic E-state index is 5.87. The number of aryl methyl sites for hydroxylation is 1. The van der Waals surface area contributed by atoms with Crippen LogP contribution in [0.4, 0.5) is 0 Å². The van der Waals surface area contributed by atoms with Gasteiger partial charge >= 0.3 is 0 Å². The second-order valence-electron chi connectivity index (χ2n) is 4.29. The molecule has 6 heteroatoms. The third kappa shape index (κ3) is 4.04. The van der Waals surface area contributed by atoms with Crippen molar-refractivity contribution in [2.24, 2.45) is 0 Å². The molecule has 0 atom stereocenters. The lowest BCUT2D eigenvalue weighted by molar-refractivity contribution is 0.298. The molecule has 0 saturated carbocycles. The van der Waals surface area contributed by atoms with Crippen LogP contribution in [0.15, 0.2) is 26.5 Å². The summed E-state index contributed by atoms with van der Waals surface area (Å²) in [6, 6.07) is 4.13. The minimum Gasteiger partial charge on any atom is -0.485 e. The summed E-state index contributed by atoms with van der Waals surface area (Å²) >= 11 is 8.80. The molecule has 0 radical (unpaired) electrons. The van der Waals surface area contributed by atoms with E-state index in [0.29, 0.717) is 6.61 Å². The Morgan fingerprint density at radius 1 is 1.30 bits per heavy atom. The van der Waals surface area contributed by atoms with E-state index in [9.17, 15) is 0 Å². The van der Waals surface area contributed by atoms with Crippen LogP contribution in [0.1, 0.15) is 23.2 Å². The first-order chi connectivity index (χ1) is 9.63. The van der Waals surface area contributed by atoms with Crippen molar-refractivity contribution in [2.75, 3.05) is 7.05 Å². The molecule has 1 aromatic carbocycles. The Labute approximate surface area is 140 Å². The first kappa shape index (κ1) is 15.9. The monoisotopic (exact) mass is 418 g/mol. The van der Waals surface area contributed by atoms with Gasteiger partial charge in [0.15, 0.2) is 0 Å². The van der Waals surface area contributed by atoms with E-state index < -0.39 is 0 Å². The molecule has 1 heterocycles. The molecule has 0 aliphatic rings. The Morgan fingerprint density at radius 3 is 2.55 bits per heavy atom. The predicted molar refractivity (Wildman–Crippen MR) is 90.4 cm³/mol. The topological polar surface area (TPSA) is 34.1 Å². The van der Waals surface area contributed by atoms with Gasteiger partial charge in [0.2, 0.25) is 0 Å². The normalized spacial score (nSPS) is 10.8. The van der Waals surface area contributed by atoms with Gasteiger partial charge in [-0.15, -0.1) is 11.3 Å². The van der Waals surface area contributed by atoms with Gasteiger partial charge < -0.3 is 10.1 Å². The maximum atomic E-state index is 5.87. The highest BCUT2D eigenvalue weighted by atomic mass is 79.9. The predicted octanol–water partition coefficient (Wildman–Crippen LogP) is 4.53. The zero-order valence-electron chi connectivity index (χ0n) is 11.4. The van der Waals surface area contributed by atoms with Crippen molar-refractivity contribution in [3.8, 4) is 5.75 Å². The Hall–Kier alpha value is -0.430. The molecule has 1 N–H and O–H groups in total. The van der Waals surface area contributed by atoms with Crippen LogP contribution < -0.4 is 10.1 Å². The highest BCUT2D eigenvalue weighted by Crippen LogP contribution is 2.35. The Balaban J connectivity index is 2.09. The molecule has 3 nitrogen and oxygen atoms in total. The summed E-state index contributed by atoms with van der Waals surface area (Å²) in [5.74, 6) is 0.816. The number of nitrogens with zero attached hydrogens (tertiary/aromatic N) is 1. The maximum Gasteiger partial charge on any atom is 0.148 e. The number of rotatable bonds is 6. The number of ether oxygens (including phenoxy) is 1. The lowest BCUT2D eigenvalue weighted by Gasteiger charge is -2.11. The third-order valence-corrected chi connectivity index (χ3v) is 4.93. The van der Waals surface area contributed by atoms with E-state index in [1.54, 1.807) is 11.3 Å². The second-order valence-corrected chi connectivity index (χ2v) is 6.95. The number of hydrogen-bond acceptors (Lipinski definition) is 4. The molecule has 0 unspecified atom stereocenters. The van der Waals surface area contributed by atoms with Crippen molar-refractivity contribution in [3.63, 3.8) is 0 Å². The van der Waals surface area contributed by atoms with Gasteiger partial charge in [0.05, 0.1) is 19.6 Å². The molecule has 0 saturated heterocycles. The van der Waals surface area contributed by atoms with Crippen LogP contribution in [0.5, 0.6) is 5.75 Å². The van der Waals surface area contributed by atoms with E-state index in [0.717, 1.165) is 38.4 Å². The van der Waals surface area contributed by atoms with Gasteiger partial charge in [-0.25, -0.2) is 4.98 Å². The third-order valence-electron chi connectivity index (χ3n) is 2.71. The lowest BCUT2D eigenvalue weighted by Crippen LogP contribution is -2.05. The van der Waals surface area contributed by atoms with Gasteiger partial charge in [0.1, 0.15) is 12.4 Å². The van der Waals surface area contributed by atoms with E-state index in [-0.39, 0.29) is 0 Å². The summed E-state index contributed by atoms with van der Waals surface area (Å²) in [5.41, 5.74) is 2.17. The zero-order valence-corrected chi connectivity index (χ0v) is 15.4. The highest BCUT2D eigenvalue weighted by Gasteiger charge is 2.10. The lowest BCUT2D eigenvalue weighted by atomic mass is 10.2. The molecule has 0 fully saturated rings. The van der Waals surface area contributed by atoms with Gasteiger partial charge in [0.25, 0.3) is 0 Å². The van der Waals surface area contributed by atoms with Crippen LogP contribution >= 0.6 is 43.2 Å². The van der Waals surface area contributed by atoms with Gasteiger partial charge in [0, 0.05) is 11.9 Å². The Kier molecular flexibility index (Phi) is 6.01. The average molecular weight is 420 g/mol. The summed E-state index contributed by atoms with van der Waals surface area (Å²) in [4.78, 5) is 4.50. The molecular weight excluding hydrogens is 404 g/mol.